The van der Waals surface area contributed by atoms with Crippen molar-refractivity contribution in [2.24, 2.45) is 35.2 Å². The third kappa shape index (κ3) is 10.9. The van der Waals surface area contributed by atoms with Crippen LogP contribution in [0.3, 0.4) is 0 Å². The van der Waals surface area contributed by atoms with Crippen LogP contribution in [0, 0.1) is 6.92 Å². The first-order chi connectivity index (χ1) is 30.0. The molecular formula is C44H61N11O10. The van der Waals surface area contributed by atoms with Crippen molar-refractivity contribution in [3.05, 3.63) is 88.8 Å². The number of alkyl carbamates (subject to hydrolysis) is 2. The van der Waals surface area contributed by atoms with Gasteiger partial charge in [0, 0.05) is 66.6 Å². The van der Waals surface area contributed by atoms with Crippen molar-refractivity contribution in [3.63, 3.8) is 0 Å². The van der Waals surface area contributed by atoms with E-state index in [2.05, 4.69) is 20.6 Å². The van der Waals surface area contributed by atoms with Crippen LogP contribution in [0.25, 0.3) is 33.2 Å². The van der Waals surface area contributed by atoms with Crippen LogP contribution in [0.5, 0.6) is 0 Å². The highest BCUT2D eigenvalue weighted by Gasteiger charge is 2.26. The minimum Gasteiger partial charge on any atom is -0.444 e. The summed E-state index contributed by atoms with van der Waals surface area (Å²) in [6, 6.07) is 7.38. The Hall–Kier alpha value is -6.93. The fourth-order valence-electron chi connectivity index (χ4n) is 7.06. The largest absolute Gasteiger partial charge is 0.444 e. The number of rotatable bonds is 8. The van der Waals surface area contributed by atoms with E-state index in [0.29, 0.717) is 53.4 Å². The third-order valence-electron chi connectivity index (χ3n) is 10.1. The monoisotopic (exact) mass is 903 g/mol. The van der Waals surface area contributed by atoms with Crippen LogP contribution in [0.4, 0.5) is 14.4 Å². The van der Waals surface area contributed by atoms with Gasteiger partial charge in [0.05, 0.1) is 17.8 Å². The molecule has 65 heavy (non-hydrogen) atoms. The third-order valence-corrected chi connectivity index (χ3v) is 10.1. The second-order valence-corrected chi connectivity index (χ2v) is 18.8. The summed E-state index contributed by atoms with van der Waals surface area (Å²) < 4.78 is 25.6. The number of fused-ring (bicyclic) bond motifs is 3. The summed E-state index contributed by atoms with van der Waals surface area (Å²) in [7, 11) is 7.95. The first-order valence-electron chi connectivity index (χ1n) is 21.0. The molecule has 352 valence electrons. The number of amides is 2. The molecule has 0 aliphatic carbocycles. The van der Waals surface area contributed by atoms with Gasteiger partial charge >= 0.3 is 29.7 Å². The van der Waals surface area contributed by atoms with Gasteiger partial charge in [0.15, 0.2) is 22.3 Å². The summed E-state index contributed by atoms with van der Waals surface area (Å²) in [4.78, 5) is 97.3. The maximum Gasteiger partial charge on any atom is 0.419 e. The summed E-state index contributed by atoms with van der Waals surface area (Å²) >= 11 is 0. The van der Waals surface area contributed by atoms with Crippen LogP contribution in [0.1, 0.15) is 85.2 Å². The van der Waals surface area contributed by atoms with E-state index in [0.717, 1.165) is 20.1 Å². The van der Waals surface area contributed by atoms with Gasteiger partial charge in [0.1, 0.15) is 28.5 Å². The summed E-state index contributed by atoms with van der Waals surface area (Å²) in [6.07, 6.45) is -0.947. The molecule has 0 fully saturated rings. The molecule has 0 aliphatic heterocycles. The van der Waals surface area contributed by atoms with Gasteiger partial charge in [-0.1, -0.05) is 12.1 Å². The van der Waals surface area contributed by atoms with Gasteiger partial charge in [-0.05, 0) is 86.9 Å². The van der Waals surface area contributed by atoms with Crippen LogP contribution >= 0.6 is 0 Å². The van der Waals surface area contributed by atoms with E-state index in [9.17, 15) is 33.6 Å². The maximum atomic E-state index is 13.7. The van der Waals surface area contributed by atoms with Gasteiger partial charge in [-0.25, -0.2) is 38.5 Å². The average Bonchev–Trinajstić information content (AvgIpc) is 3.83. The van der Waals surface area contributed by atoms with Crippen LogP contribution in [-0.4, -0.2) is 90.1 Å². The van der Waals surface area contributed by atoms with Gasteiger partial charge in [0.2, 0.25) is 0 Å². The molecule has 0 saturated carbocycles. The Morgan fingerprint density at radius 1 is 0.615 bits per heavy atom. The van der Waals surface area contributed by atoms with Crippen LogP contribution in [0.15, 0.2) is 43.4 Å². The van der Waals surface area contributed by atoms with Gasteiger partial charge < -0.3 is 34.0 Å². The molecule has 1 aromatic carbocycles. The summed E-state index contributed by atoms with van der Waals surface area (Å²) in [5.74, 6) is 1.11. The Kier molecular flexibility index (Phi) is 13.8. The normalized spacial score (nSPS) is 12.0. The quantitative estimate of drug-likeness (QED) is 0.209. The standard InChI is InChI=1S/C29H38N6O6.C15H23N5O4/c1-17-11-10-12-20-19(17)15-18(35(20)27(39)41-29(5,6)7)16-34-24(36)22-23(33(9)26(34)38)31-21(32(22)8)13-14-30-25(37)40-28(2,3)4;1-15(2,3)24-13(22)16-8-7-9-17-11-10(18(9)4)12(21)20(6)14(23)19(11)5/h10-12,15H,13-14,16H2,1-9H3,(H,30,37);7-8H2,1-6H3,(H,16,22). The molecule has 0 aliphatic rings. The number of carbonyl (C=O) groups is 3. The van der Waals surface area contributed by atoms with Gasteiger partial charge in [-0.15, -0.1) is 0 Å². The first-order valence-corrected chi connectivity index (χ1v) is 21.0. The van der Waals surface area contributed by atoms with Crippen molar-refractivity contribution in [1.82, 2.24) is 52.6 Å². The second kappa shape index (κ2) is 18.3. The molecule has 6 rings (SSSR count). The fourth-order valence-corrected chi connectivity index (χ4v) is 7.06. The highest BCUT2D eigenvalue weighted by Crippen LogP contribution is 2.25. The van der Waals surface area contributed by atoms with Crippen molar-refractivity contribution < 1.29 is 28.6 Å². The van der Waals surface area contributed by atoms with Crippen LogP contribution < -0.4 is 33.1 Å². The molecule has 0 bridgehead atoms. The average molecular weight is 904 g/mol. The van der Waals surface area contributed by atoms with Crippen molar-refractivity contribution in [1.29, 1.82) is 0 Å². The molecule has 2 N–H and O–H groups in total. The lowest BCUT2D eigenvalue weighted by Crippen LogP contribution is -2.40. The molecule has 0 radical (unpaired) electrons. The van der Waals surface area contributed by atoms with E-state index in [1.807, 2.05) is 25.1 Å². The summed E-state index contributed by atoms with van der Waals surface area (Å²) in [5.41, 5.74) is -0.715. The Balaban J connectivity index is 0.000000281. The van der Waals surface area contributed by atoms with E-state index < -0.39 is 57.6 Å². The molecular weight excluding hydrogens is 843 g/mol. The number of ether oxygens (including phenoxy) is 3. The molecule has 21 nitrogen and oxygen atoms in total. The Labute approximate surface area is 374 Å². The van der Waals surface area contributed by atoms with Crippen molar-refractivity contribution >= 4 is 51.5 Å². The lowest BCUT2D eigenvalue weighted by molar-refractivity contribution is 0.0516. The zero-order chi connectivity index (χ0) is 48.7. The van der Waals surface area contributed by atoms with Crippen LogP contribution in [-0.2, 0) is 68.8 Å². The maximum absolute atomic E-state index is 13.7. The predicted octanol–water partition coefficient (Wildman–Crippen LogP) is 3.63. The van der Waals surface area contributed by atoms with Crippen LogP contribution in [0.2, 0.25) is 0 Å². The summed E-state index contributed by atoms with van der Waals surface area (Å²) in [5, 5.41) is 6.15. The molecule has 0 atom stereocenters. The molecule has 2 amide bonds. The lowest BCUT2D eigenvalue weighted by Gasteiger charge is -2.21. The zero-order valence-electron chi connectivity index (χ0n) is 40.0. The Morgan fingerprint density at radius 3 is 1.55 bits per heavy atom. The van der Waals surface area contributed by atoms with E-state index in [4.69, 9.17) is 14.2 Å². The summed E-state index contributed by atoms with van der Waals surface area (Å²) in [6.45, 7) is 18.3. The fraction of sp³-hybridized carbons (Fsp3) is 0.523. The van der Waals surface area contributed by atoms with E-state index in [-0.39, 0.29) is 24.3 Å². The lowest BCUT2D eigenvalue weighted by atomic mass is 10.1. The number of hydrogen-bond acceptors (Lipinski definition) is 12. The smallest absolute Gasteiger partial charge is 0.419 e. The topological polar surface area (TPSA) is 232 Å². The van der Waals surface area contributed by atoms with Crippen molar-refractivity contribution in [3.8, 4) is 0 Å². The van der Waals surface area contributed by atoms with E-state index in [1.54, 1.807) is 106 Å². The Bertz CT molecular complexity index is 3060. The molecule has 0 spiro atoms. The SMILES string of the molecule is Cc1cccc2c1cc(Cn1c(=O)c3c(nc(CCNC(=O)OC(C)(C)C)n3C)n(C)c1=O)n2C(=O)OC(C)(C)C.Cn1c(=O)c2c(nc(CCNC(=O)OC(C)(C)C)n2C)n(C)c1=O. The number of hydrogen-bond donors (Lipinski definition) is 2. The number of aromatic nitrogens is 9. The molecule has 21 heteroatoms. The number of imidazole rings is 2. The number of aryl methyl sites for hydroxylation is 5. The highest BCUT2D eigenvalue weighted by atomic mass is 16.6. The minimum atomic E-state index is -0.746. The van der Waals surface area contributed by atoms with E-state index in [1.165, 1.54) is 20.7 Å². The predicted molar refractivity (Wildman–Crippen MR) is 245 cm³/mol. The van der Waals surface area contributed by atoms with Gasteiger partial charge in [0.25, 0.3) is 11.1 Å². The highest BCUT2D eigenvalue weighted by molar-refractivity contribution is 5.93. The molecule has 5 heterocycles. The zero-order valence-corrected chi connectivity index (χ0v) is 40.0. The number of nitrogens with one attached hydrogen (secondary N) is 2. The molecule has 6 aromatic rings. The minimum absolute atomic E-state index is 0.157. The number of carbonyl (C=O) groups excluding carboxylic acids is 3. The number of nitrogens with zero attached hydrogens (tertiary/aromatic N) is 9. The van der Waals surface area contributed by atoms with Crippen molar-refractivity contribution in [2.45, 2.75) is 105 Å². The molecule has 5 aromatic heterocycles. The first kappa shape index (κ1) is 49.1. The van der Waals surface area contributed by atoms with Gasteiger partial charge in [-0.3, -0.25) is 27.9 Å². The Morgan fingerprint density at radius 2 is 1.08 bits per heavy atom. The molecule has 0 unspecified atom stereocenters. The van der Waals surface area contributed by atoms with Crippen molar-refractivity contribution in [2.75, 3.05) is 13.1 Å². The molecule has 0 saturated heterocycles. The van der Waals surface area contributed by atoms with Gasteiger partial charge in [-0.2, -0.15) is 0 Å². The van der Waals surface area contributed by atoms with E-state index >= 15 is 0 Å². The number of benzene rings is 1. The second-order valence-electron chi connectivity index (χ2n) is 18.8.